The first kappa shape index (κ1) is 22.6. The lowest BCUT2D eigenvalue weighted by Crippen LogP contribution is -2.41. The molecule has 0 atom stereocenters. The first-order valence-electron chi connectivity index (χ1n) is 10.3. The van der Waals surface area contributed by atoms with Crippen LogP contribution in [0.3, 0.4) is 0 Å². The predicted molar refractivity (Wildman–Crippen MR) is 120 cm³/mol. The monoisotopic (exact) mass is 449 g/mol. The normalized spacial score (nSPS) is 15.0. The smallest absolute Gasteiger partial charge is 0.264 e. The van der Waals surface area contributed by atoms with Crippen molar-refractivity contribution in [2.45, 2.75) is 30.6 Å². The molecule has 0 bridgehead atoms. The maximum atomic E-state index is 13.2. The first-order valence-corrected chi connectivity index (χ1v) is 12.1. The highest BCUT2D eigenvalue weighted by atomic mass is 35.5. The minimum atomic E-state index is -3.89. The molecule has 1 aliphatic rings. The Kier molecular flexibility index (Phi) is 8.13. The molecule has 1 fully saturated rings. The number of rotatable bonds is 9. The summed E-state index contributed by atoms with van der Waals surface area (Å²) >= 11 is 5.95. The molecular formula is C22H28ClN3O3S. The summed E-state index contributed by atoms with van der Waals surface area (Å²) in [4.78, 5) is 15.1. The third-order valence-corrected chi connectivity index (χ3v) is 7.20. The summed E-state index contributed by atoms with van der Waals surface area (Å²) in [5.74, 6) is -0.330. The summed E-state index contributed by atoms with van der Waals surface area (Å²) < 4.78 is 27.5. The largest absolute Gasteiger partial charge is 0.354 e. The van der Waals surface area contributed by atoms with E-state index >= 15 is 0 Å². The van der Waals surface area contributed by atoms with E-state index in [4.69, 9.17) is 11.6 Å². The van der Waals surface area contributed by atoms with Gasteiger partial charge in [0.05, 0.1) is 10.6 Å². The molecule has 0 aromatic heterocycles. The second-order valence-electron chi connectivity index (χ2n) is 7.41. The molecule has 0 spiro atoms. The number of hydrogen-bond acceptors (Lipinski definition) is 4. The number of hydrogen-bond donors (Lipinski definition) is 1. The Morgan fingerprint density at radius 2 is 1.67 bits per heavy atom. The van der Waals surface area contributed by atoms with Crippen molar-refractivity contribution in [3.63, 3.8) is 0 Å². The number of nitrogens with zero attached hydrogens (tertiary/aromatic N) is 2. The number of benzene rings is 2. The fourth-order valence-electron chi connectivity index (χ4n) is 3.54. The number of piperidine rings is 1. The van der Waals surface area contributed by atoms with E-state index in [-0.39, 0.29) is 17.3 Å². The number of nitrogens with one attached hydrogen (secondary N) is 1. The van der Waals surface area contributed by atoms with Gasteiger partial charge in [-0.3, -0.25) is 9.10 Å². The molecule has 1 heterocycles. The second kappa shape index (κ2) is 10.8. The van der Waals surface area contributed by atoms with E-state index in [0.29, 0.717) is 17.3 Å². The van der Waals surface area contributed by atoms with Crippen LogP contribution in [0.4, 0.5) is 5.69 Å². The van der Waals surface area contributed by atoms with Crippen molar-refractivity contribution >= 4 is 33.2 Å². The number of carbonyl (C=O) groups is 1. The predicted octanol–water partition coefficient (Wildman–Crippen LogP) is 3.53. The molecule has 162 valence electrons. The van der Waals surface area contributed by atoms with Crippen LogP contribution in [0.5, 0.6) is 0 Å². The zero-order valence-electron chi connectivity index (χ0n) is 17.0. The Labute approximate surface area is 183 Å². The molecule has 2 aromatic rings. The van der Waals surface area contributed by atoms with Gasteiger partial charge in [-0.15, -0.1) is 0 Å². The summed E-state index contributed by atoms with van der Waals surface area (Å²) in [6, 6.07) is 14.5. The van der Waals surface area contributed by atoms with Crippen LogP contribution >= 0.6 is 11.6 Å². The van der Waals surface area contributed by atoms with Crippen LogP contribution in [0, 0.1) is 0 Å². The lowest BCUT2D eigenvalue weighted by atomic mass is 10.1. The van der Waals surface area contributed by atoms with Crippen LogP contribution in [0.1, 0.15) is 25.7 Å². The van der Waals surface area contributed by atoms with Crippen molar-refractivity contribution in [1.29, 1.82) is 0 Å². The number of sulfonamides is 1. The molecular weight excluding hydrogens is 422 g/mol. The average Bonchev–Trinajstić information content (AvgIpc) is 2.77. The van der Waals surface area contributed by atoms with E-state index in [1.807, 2.05) is 0 Å². The molecule has 30 heavy (non-hydrogen) atoms. The van der Waals surface area contributed by atoms with Gasteiger partial charge in [-0.25, -0.2) is 8.42 Å². The fourth-order valence-corrected chi connectivity index (χ4v) is 5.11. The van der Waals surface area contributed by atoms with Crippen molar-refractivity contribution in [3.8, 4) is 0 Å². The number of halogens is 1. The highest BCUT2D eigenvalue weighted by molar-refractivity contribution is 7.92. The molecule has 2 aromatic carbocycles. The maximum Gasteiger partial charge on any atom is 0.264 e. The first-order chi connectivity index (χ1) is 14.5. The Bertz CT molecular complexity index is 914. The molecule has 0 radical (unpaired) electrons. The van der Waals surface area contributed by atoms with Crippen molar-refractivity contribution in [3.05, 3.63) is 59.6 Å². The fraction of sp³-hybridized carbons (Fsp3) is 0.409. The lowest BCUT2D eigenvalue weighted by molar-refractivity contribution is -0.119. The van der Waals surface area contributed by atoms with Crippen LogP contribution in [0.2, 0.25) is 5.02 Å². The van der Waals surface area contributed by atoms with E-state index in [0.717, 1.165) is 30.4 Å². The van der Waals surface area contributed by atoms with E-state index in [9.17, 15) is 13.2 Å². The van der Waals surface area contributed by atoms with Crippen molar-refractivity contribution < 1.29 is 13.2 Å². The Hall–Kier alpha value is -2.09. The van der Waals surface area contributed by atoms with E-state index in [1.165, 1.54) is 31.4 Å². The third-order valence-electron chi connectivity index (χ3n) is 5.15. The number of anilines is 1. The van der Waals surface area contributed by atoms with Crippen LogP contribution in [-0.2, 0) is 14.8 Å². The Balaban J connectivity index is 1.65. The van der Waals surface area contributed by atoms with Gasteiger partial charge in [0, 0.05) is 11.6 Å². The average molecular weight is 450 g/mol. The third kappa shape index (κ3) is 6.20. The van der Waals surface area contributed by atoms with Gasteiger partial charge < -0.3 is 10.2 Å². The zero-order valence-corrected chi connectivity index (χ0v) is 18.5. The molecule has 1 saturated heterocycles. The summed E-state index contributed by atoms with van der Waals surface area (Å²) in [7, 11) is -3.89. The SMILES string of the molecule is O=C(CN(c1ccc(Cl)cc1)S(=O)(=O)c1ccccc1)NCCCN1CCCCC1. The molecule has 1 N–H and O–H groups in total. The molecule has 6 nitrogen and oxygen atoms in total. The summed E-state index contributed by atoms with van der Waals surface area (Å²) in [6.07, 6.45) is 4.61. The highest BCUT2D eigenvalue weighted by Crippen LogP contribution is 2.25. The highest BCUT2D eigenvalue weighted by Gasteiger charge is 2.27. The Morgan fingerprint density at radius 3 is 2.33 bits per heavy atom. The van der Waals surface area contributed by atoms with Gasteiger partial charge in [0.2, 0.25) is 5.91 Å². The van der Waals surface area contributed by atoms with Gasteiger partial charge in [-0.2, -0.15) is 0 Å². The summed E-state index contributed by atoms with van der Waals surface area (Å²) in [6.45, 7) is 3.42. The number of amides is 1. The van der Waals surface area contributed by atoms with Crippen LogP contribution in [-0.4, -0.2) is 51.9 Å². The molecule has 1 aliphatic heterocycles. The van der Waals surface area contributed by atoms with Gasteiger partial charge in [0.25, 0.3) is 10.0 Å². The lowest BCUT2D eigenvalue weighted by Gasteiger charge is -2.26. The van der Waals surface area contributed by atoms with Crippen molar-refractivity contribution in [1.82, 2.24) is 10.2 Å². The molecule has 8 heteroatoms. The van der Waals surface area contributed by atoms with Gasteiger partial charge in [0.15, 0.2) is 0 Å². The maximum absolute atomic E-state index is 13.2. The van der Waals surface area contributed by atoms with Gasteiger partial charge in [0.1, 0.15) is 6.54 Å². The standard InChI is InChI=1S/C22H28ClN3O3S/c23-19-10-12-20(13-11-19)26(30(28,29)21-8-3-1-4-9-21)18-22(27)24-14-7-17-25-15-5-2-6-16-25/h1,3-4,8-13H,2,5-7,14-18H2,(H,24,27). The molecule has 0 aliphatic carbocycles. The van der Waals surface area contributed by atoms with E-state index in [2.05, 4.69) is 10.2 Å². The number of carbonyl (C=O) groups excluding carboxylic acids is 1. The molecule has 1 amide bonds. The van der Waals surface area contributed by atoms with Crippen LogP contribution < -0.4 is 9.62 Å². The van der Waals surface area contributed by atoms with Gasteiger partial charge in [-0.1, -0.05) is 36.2 Å². The molecule has 0 unspecified atom stereocenters. The second-order valence-corrected chi connectivity index (χ2v) is 9.71. The van der Waals surface area contributed by atoms with E-state index in [1.54, 1.807) is 42.5 Å². The molecule has 0 saturated carbocycles. The minimum absolute atomic E-state index is 0.137. The number of likely N-dealkylation sites (tertiary alicyclic amines) is 1. The minimum Gasteiger partial charge on any atom is -0.354 e. The zero-order chi connectivity index (χ0) is 21.4. The van der Waals surface area contributed by atoms with Crippen LogP contribution in [0.25, 0.3) is 0 Å². The van der Waals surface area contributed by atoms with Crippen molar-refractivity contribution in [2.24, 2.45) is 0 Å². The van der Waals surface area contributed by atoms with Crippen LogP contribution in [0.15, 0.2) is 59.5 Å². The molecule has 3 rings (SSSR count). The summed E-state index contributed by atoms with van der Waals surface area (Å²) in [5, 5.41) is 3.36. The van der Waals surface area contributed by atoms with Gasteiger partial charge in [-0.05, 0) is 75.3 Å². The Morgan fingerprint density at radius 1 is 1.00 bits per heavy atom. The van der Waals surface area contributed by atoms with Crippen molar-refractivity contribution in [2.75, 3.05) is 37.0 Å². The topological polar surface area (TPSA) is 69.7 Å². The quantitative estimate of drug-likeness (QED) is 0.594. The summed E-state index contributed by atoms with van der Waals surface area (Å²) in [5.41, 5.74) is 0.395. The van der Waals surface area contributed by atoms with Gasteiger partial charge >= 0.3 is 0 Å². The van der Waals surface area contributed by atoms with E-state index < -0.39 is 10.0 Å².